The highest BCUT2D eigenvalue weighted by Crippen LogP contribution is 2.35. The van der Waals surface area contributed by atoms with Crippen molar-refractivity contribution < 1.29 is 13.2 Å². The summed E-state index contributed by atoms with van der Waals surface area (Å²) >= 11 is 6.40. The molecule has 0 fully saturated rings. The van der Waals surface area contributed by atoms with E-state index in [0.717, 1.165) is 12.1 Å². The summed E-state index contributed by atoms with van der Waals surface area (Å²) in [7, 11) is 0. The summed E-state index contributed by atoms with van der Waals surface area (Å²) in [6, 6.07) is 3.35. The third-order valence-electron chi connectivity index (χ3n) is 2.21. The molecule has 0 aliphatic rings. The number of anilines is 2. The van der Waals surface area contributed by atoms with Gasteiger partial charge in [-0.05, 0) is 50.1 Å². The Morgan fingerprint density at radius 3 is 2.47 bits per heavy atom. The van der Waals surface area contributed by atoms with E-state index in [-0.39, 0.29) is 5.69 Å². The Bertz CT molecular complexity index is 602. The third-order valence-corrected chi connectivity index (χ3v) is 3.49. The van der Waals surface area contributed by atoms with Gasteiger partial charge in [0.1, 0.15) is 12.1 Å². The van der Waals surface area contributed by atoms with Crippen LogP contribution in [-0.4, -0.2) is 9.97 Å². The molecular formula is C11H6Br2F3N3. The summed E-state index contributed by atoms with van der Waals surface area (Å²) < 4.78 is 39.0. The molecule has 0 radical (unpaired) electrons. The number of nitrogens with one attached hydrogen (secondary N) is 1. The number of aromatic nitrogens is 2. The summed E-state index contributed by atoms with van der Waals surface area (Å²) in [5.74, 6) is 0.384. The Morgan fingerprint density at radius 1 is 1.11 bits per heavy atom. The second kappa shape index (κ2) is 5.46. The molecule has 0 bridgehead atoms. The van der Waals surface area contributed by atoms with E-state index < -0.39 is 11.7 Å². The molecular weight excluding hydrogens is 391 g/mol. The van der Waals surface area contributed by atoms with E-state index >= 15 is 0 Å². The minimum absolute atomic E-state index is 0.272. The highest BCUT2D eigenvalue weighted by molar-refractivity contribution is 9.11. The molecule has 0 saturated carbocycles. The predicted molar refractivity (Wildman–Crippen MR) is 72.2 cm³/mol. The fourth-order valence-corrected chi connectivity index (χ4v) is 2.00. The van der Waals surface area contributed by atoms with Gasteiger partial charge in [0.2, 0.25) is 0 Å². The number of hydrogen-bond donors (Lipinski definition) is 1. The van der Waals surface area contributed by atoms with Gasteiger partial charge >= 0.3 is 6.18 Å². The average Bonchev–Trinajstić information content (AvgIpc) is 2.33. The molecule has 0 aliphatic carbocycles. The normalized spacial score (nSPS) is 11.4. The number of hydrogen-bond acceptors (Lipinski definition) is 3. The van der Waals surface area contributed by atoms with Gasteiger partial charge in [0.25, 0.3) is 0 Å². The fourth-order valence-electron chi connectivity index (χ4n) is 1.33. The molecule has 1 aromatic carbocycles. The van der Waals surface area contributed by atoms with Crippen LogP contribution in [0.3, 0.4) is 0 Å². The van der Waals surface area contributed by atoms with E-state index in [1.165, 1.54) is 18.6 Å². The van der Waals surface area contributed by atoms with Crippen molar-refractivity contribution in [3.05, 3.63) is 45.2 Å². The molecule has 1 heterocycles. The van der Waals surface area contributed by atoms with Crippen LogP contribution in [0.1, 0.15) is 5.56 Å². The molecule has 0 spiro atoms. The molecule has 0 saturated heterocycles. The summed E-state index contributed by atoms with van der Waals surface area (Å²) in [4.78, 5) is 7.71. The molecule has 1 aromatic heterocycles. The quantitative estimate of drug-likeness (QED) is 0.794. The highest BCUT2D eigenvalue weighted by Gasteiger charge is 2.31. The largest absolute Gasteiger partial charge is 0.416 e. The second-order valence-corrected chi connectivity index (χ2v) is 5.25. The Morgan fingerprint density at radius 2 is 1.84 bits per heavy atom. The van der Waals surface area contributed by atoms with Crippen molar-refractivity contribution in [3.8, 4) is 0 Å². The zero-order valence-corrected chi connectivity index (χ0v) is 12.3. The molecule has 3 nitrogen and oxygen atoms in total. The van der Waals surface area contributed by atoms with Gasteiger partial charge in [0.15, 0.2) is 0 Å². The first-order valence-electron chi connectivity index (χ1n) is 4.97. The lowest BCUT2D eigenvalue weighted by Gasteiger charge is -2.12. The summed E-state index contributed by atoms with van der Waals surface area (Å²) in [5, 5.41) is 2.81. The van der Waals surface area contributed by atoms with Crippen LogP contribution in [0.15, 0.2) is 39.7 Å². The second-order valence-electron chi connectivity index (χ2n) is 3.54. The molecule has 19 heavy (non-hydrogen) atoms. The van der Waals surface area contributed by atoms with E-state index in [0.29, 0.717) is 14.8 Å². The number of alkyl halides is 3. The van der Waals surface area contributed by atoms with Crippen molar-refractivity contribution in [2.45, 2.75) is 6.18 Å². The SMILES string of the molecule is FC(F)(F)c1ccc(Br)c(Nc2ncncc2Br)c1. The minimum Gasteiger partial charge on any atom is -0.338 e. The topological polar surface area (TPSA) is 37.8 Å². The predicted octanol–water partition coefficient (Wildman–Crippen LogP) is 4.76. The summed E-state index contributed by atoms with van der Waals surface area (Å²) in [6.45, 7) is 0. The number of rotatable bonds is 2. The van der Waals surface area contributed by atoms with Gasteiger partial charge in [-0.2, -0.15) is 13.2 Å². The highest BCUT2D eigenvalue weighted by atomic mass is 79.9. The van der Waals surface area contributed by atoms with Crippen LogP contribution in [0.25, 0.3) is 0 Å². The fraction of sp³-hybridized carbons (Fsp3) is 0.0909. The minimum atomic E-state index is -4.39. The van der Waals surface area contributed by atoms with Crippen molar-refractivity contribution in [3.63, 3.8) is 0 Å². The van der Waals surface area contributed by atoms with E-state index in [2.05, 4.69) is 47.1 Å². The van der Waals surface area contributed by atoms with Gasteiger partial charge in [-0.1, -0.05) is 0 Å². The van der Waals surface area contributed by atoms with Crippen LogP contribution in [0.2, 0.25) is 0 Å². The summed E-state index contributed by atoms with van der Waals surface area (Å²) in [5.41, 5.74) is -0.461. The van der Waals surface area contributed by atoms with Crippen LogP contribution < -0.4 is 5.32 Å². The van der Waals surface area contributed by atoms with Gasteiger partial charge < -0.3 is 5.32 Å². The van der Waals surface area contributed by atoms with Crippen molar-refractivity contribution >= 4 is 43.4 Å². The number of benzene rings is 1. The Balaban J connectivity index is 2.38. The van der Waals surface area contributed by atoms with Gasteiger partial charge in [-0.3, -0.25) is 0 Å². The lowest BCUT2D eigenvalue weighted by Crippen LogP contribution is -2.06. The van der Waals surface area contributed by atoms with E-state index in [1.807, 2.05) is 0 Å². The maximum atomic E-state index is 12.6. The lowest BCUT2D eigenvalue weighted by molar-refractivity contribution is -0.137. The van der Waals surface area contributed by atoms with E-state index in [9.17, 15) is 13.2 Å². The molecule has 8 heteroatoms. The zero-order chi connectivity index (χ0) is 14.0. The molecule has 0 amide bonds. The molecule has 2 aromatic rings. The van der Waals surface area contributed by atoms with Crippen molar-refractivity contribution in [2.24, 2.45) is 0 Å². The van der Waals surface area contributed by atoms with Crippen LogP contribution in [-0.2, 0) is 6.18 Å². The van der Waals surface area contributed by atoms with E-state index in [1.54, 1.807) is 0 Å². The average molecular weight is 397 g/mol. The van der Waals surface area contributed by atoms with Crippen LogP contribution in [0.5, 0.6) is 0 Å². The molecule has 0 unspecified atom stereocenters. The maximum absolute atomic E-state index is 12.6. The first-order chi connectivity index (χ1) is 8.88. The van der Waals surface area contributed by atoms with Gasteiger partial charge in [-0.25, -0.2) is 9.97 Å². The molecule has 0 aliphatic heterocycles. The van der Waals surface area contributed by atoms with Crippen molar-refractivity contribution in [2.75, 3.05) is 5.32 Å². The smallest absolute Gasteiger partial charge is 0.338 e. The monoisotopic (exact) mass is 395 g/mol. The van der Waals surface area contributed by atoms with Crippen molar-refractivity contribution in [1.82, 2.24) is 9.97 Å². The van der Waals surface area contributed by atoms with Crippen LogP contribution in [0.4, 0.5) is 24.7 Å². The maximum Gasteiger partial charge on any atom is 0.416 e. The van der Waals surface area contributed by atoms with Gasteiger partial charge in [0.05, 0.1) is 15.7 Å². The first kappa shape index (κ1) is 14.3. The van der Waals surface area contributed by atoms with E-state index in [4.69, 9.17) is 0 Å². The lowest BCUT2D eigenvalue weighted by atomic mass is 10.2. The summed E-state index contributed by atoms with van der Waals surface area (Å²) in [6.07, 6.45) is -1.59. The van der Waals surface area contributed by atoms with Gasteiger partial charge in [0, 0.05) is 10.7 Å². The molecule has 0 atom stereocenters. The van der Waals surface area contributed by atoms with Crippen LogP contribution in [0, 0.1) is 0 Å². The Labute approximate surface area is 123 Å². The third kappa shape index (κ3) is 3.44. The number of nitrogens with zero attached hydrogens (tertiary/aromatic N) is 2. The standard InChI is InChI=1S/C11H6Br2F3N3/c12-7-2-1-6(11(14,15)16)3-9(7)19-10-8(13)4-17-5-18-10/h1-5H,(H,17,18,19). The molecule has 1 N–H and O–H groups in total. The molecule has 2 rings (SSSR count). The van der Waals surface area contributed by atoms with Crippen molar-refractivity contribution in [1.29, 1.82) is 0 Å². The molecule has 100 valence electrons. The van der Waals surface area contributed by atoms with Gasteiger partial charge in [-0.15, -0.1) is 0 Å². The Kier molecular flexibility index (Phi) is 4.10. The first-order valence-corrected chi connectivity index (χ1v) is 6.56. The number of halogens is 5. The van der Waals surface area contributed by atoms with Crippen LogP contribution >= 0.6 is 31.9 Å². The Hall–Kier alpha value is -1.15. The zero-order valence-electron chi connectivity index (χ0n) is 9.17.